The number of rotatable bonds is 5. The molecular formula is C27H36N4O7. The Morgan fingerprint density at radius 3 is 2.63 bits per heavy atom. The Labute approximate surface area is 221 Å². The summed E-state index contributed by atoms with van der Waals surface area (Å²) in [6, 6.07) is 4.49. The van der Waals surface area contributed by atoms with Crippen LogP contribution in [0.5, 0.6) is 5.75 Å². The first kappa shape index (κ1) is 27.4. The van der Waals surface area contributed by atoms with Crippen molar-refractivity contribution in [2.45, 2.75) is 84.9 Å². The maximum atomic E-state index is 13.6. The summed E-state index contributed by atoms with van der Waals surface area (Å²) < 4.78 is 16.6. The van der Waals surface area contributed by atoms with Crippen LogP contribution in [0.25, 0.3) is 11.3 Å². The zero-order chi connectivity index (χ0) is 27.8. The van der Waals surface area contributed by atoms with Crippen LogP contribution in [0.2, 0.25) is 0 Å². The minimum atomic E-state index is -0.930. The molecule has 2 aromatic rings. The maximum absolute atomic E-state index is 13.6. The van der Waals surface area contributed by atoms with Crippen LogP contribution in [0.1, 0.15) is 59.2 Å². The third-order valence-electron chi connectivity index (χ3n) is 6.32. The molecule has 0 bridgehead atoms. The number of alkyl carbamates (subject to hydrolysis) is 1. The van der Waals surface area contributed by atoms with E-state index in [1.807, 2.05) is 32.9 Å². The van der Waals surface area contributed by atoms with Gasteiger partial charge in [0.2, 0.25) is 11.8 Å². The standard InChI is InChI=1S/C27H36N4O7/c1-26(2,3)23(30-25(35)38-27(4,5)6)24(34)31-12-16(32)11-20(31)29-21(33)10-15-7-8-17-19(9-15)36-13-18-22(17)37-14-28-18/h7-9,14,16,20,23,32H,10-13H2,1-6H3,(H,29,33)(H,30,35)/t16-,20+,23-/m1/s1. The lowest BCUT2D eigenvalue weighted by molar-refractivity contribution is -0.138. The van der Waals surface area contributed by atoms with Gasteiger partial charge in [-0.25, -0.2) is 9.78 Å². The summed E-state index contributed by atoms with van der Waals surface area (Å²) >= 11 is 0. The highest BCUT2D eigenvalue weighted by Crippen LogP contribution is 2.37. The van der Waals surface area contributed by atoms with Gasteiger partial charge in [-0.1, -0.05) is 26.8 Å². The smallest absolute Gasteiger partial charge is 0.408 e. The predicted molar refractivity (Wildman–Crippen MR) is 137 cm³/mol. The summed E-state index contributed by atoms with van der Waals surface area (Å²) in [5.41, 5.74) is 0.841. The quantitative estimate of drug-likeness (QED) is 0.538. The van der Waals surface area contributed by atoms with E-state index in [4.69, 9.17) is 13.9 Å². The molecule has 11 nitrogen and oxygen atoms in total. The van der Waals surface area contributed by atoms with Crippen LogP contribution in [0, 0.1) is 5.41 Å². The number of amides is 3. The molecule has 0 saturated carbocycles. The van der Waals surface area contributed by atoms with Crippen LogP contribution in [0.3, 0.4) is 0 Å². The van der Waals surface area contributed by atoms with Crippen LogP contribution < -0.4 is 15.4 Å². The summed E-state index contributed by atoms with van der Waals surface area (Å²) in [5, 5.41) is 15.9. The number of carbonyl (C=O) groups is 3. The van der Waals surface area contributed by atoms with Crippen molar-refractivity contribution < 1.29 is 33.4 Å². The first-order valence-corrected chi connectivity index (χ1v) is 12.7. The molecule has 0 aliphatic carbocycles. The summed E-state index contributed by atoms with van der Waals surface area (Å²) in [4.78, 5) is 44.6. The third kappa shape index (κ3) is 6.27. The summed E-state index contributed by atoms with van der Waals surface area (Å²) in [6.45, 7) is 11.0. The van der Waals surface area contributed by atoms with Gasteiger partial charge in [0.1, 0.15) is 35.9 Å². The molecular weight excluding hydrogens is 492 g/mol. The van der Waals surface area contributed by atoms with Gasteiger partial charge in [-0.2, -0.15) is 0 Å². The second-order valence-electron chi connectivity index (χ2n) is 11.8. The number of hydrogen-bond acceptors (Lipinski definition) is 8. The van der Waals surface area contributed by atoms with Crippen molar-refractivity contribution in [3.05, 3.63) is 35.9 Å². The van der Waals surface area contributed by atoms with Crippen LogP contribution in [-0.4, -0.2) is 63.4 Å². The lowest BCUT2D eigenvalue weighted by Gasteiger charge is -2.36. The van der Waals surface area contributed by atoms with Gasteiger partial charge < -0.3 is 34.5 Å². The van der Waals surface area contributed by atoms with E-state index in [-0.39, 0.29) is 31.9 Å². The Bertz CT molecular complexity index is 1210. The molecule has 2 aliphatic rings. The molecule has 1 aromatic carbocycles. The third-order valence-corrected chi connectivity index (χ3v) is 6.32. The molecule has 1 aromatic heterocycles. The van der Waals surface area contributed by atoms with Gasteiger partial charge >= 0.3 is 6.09 Å². The Balaban J connectivity index is 1.44. The zero-order valence-corrected chi connectivity index (χ0v) is 22.7. The van der Waals surface area contributed by atoms with Crippen LogP contribution in [0.4, 0.5) is 4.79 Å². The Morgan fingerprint density at radius 1 is 1.21 bits per heavy atom. The minimum Gasteiger partial charge on any atom is -0.486 e. The van der Waals surface area contributed by atoms with Crippen molar-refractivity contribution in [2.24, 2.45) is 5.41 Å². The monoisotopic (exact) mass is 528 g/mol. The van der Waals surface area contributed by atoms with Gasteiger partial charge in [0.15, 0.2) is 12.2 Å². The highest BCUT2D eigenvalue weighted by molar-refractivity contribution is 5.88. The van der Waals surface area contributed by atoms with Gasteiger partial charge in [0.25, 0.3) is 0 Å². The first-order valence-electron chi connectivity index (χ1n) is 12.7. The molecule has 2 aliphatic heterocycles. The summed E-state index contributed by atoms with van der Waals surface area (Å²) in [5.74, 6) is 0.541. The fourth-order valence-corrected chi connectivity index (χ4v) is 4.58. The highest BCUT2D eigenvalue weighted by Gasteiger charge is 2.43. The topological polar surface area (TPSA) is 143 Å². The number of benzene rings is 1. The van der Waals surface area contributed by atoms with Gasteiger partial charge in [0.05, 0.1) is 18.1 Å². The Hall–Kier alpha value is -3.60. The number of nitrogens with one attached hydrogen (secondary N) is 2. The number of aliphatic hydroxyl groups is 1. The van der Waals surface area contributed by atoms with E-state index >= 15 is 0 Å². The van der Waals surface area contributed by atoms with Gasteiger partial charge in [-0.3, -0.25) is 9.59 Å². The average Bonchev–Trinajstić information content (AvgIpc) is 3.41. The van der Waals surface area contributed by atoms with E-state index in [1.165, 1.54) is 11.3 Å². The van der Waals surface area contributed by atoms with Crippen molar-refractivity contribution in [2.75, 3.05) is 6.54 Å². The lowest BCUT2D eigenvalue weighted by Crippen LogP contribution is -2.58. The fourth-order valence-electron chi connectivity index (χ4n) is 4.58. The van der Waals surface area contributed by atoms with Crippen molar-refractivity contribution in [1.29, 1.82) is 0 Å². The molecule has 3 N–H and O–H groups in total. The lowest BCUT2D eigenvalue weighted by atomic mass is 9.86. The largest absolute Gasteiger partial charge is 0.486 e. The highest BCUT2D eigenvalue weighted by atomic mass is 16.6. The molecule has 206 valence electrons. The number of nitrogens with zero attached hydrogens (tertiary/aromatic N) is 2. The number of ether oxygens (including phenoxy) is 2. The molecule has 0 radical (unpaired) electrons. The number of fused-ring (bicyclic) bond motifs is 3. The van der Waals surface area contributed by atoms with Gasteiger partial charge in [-0.05, 0) is 43.9 Å². The molecule has 0 unspecified atom stereocenters. The SMILES string of the molecule is CC(C)(C)OC(=O)N[C@H](C(=O)N1C[C@H](O)C[C@H]1NC(=O)Cc1ccc2c(c1)OCc1ncoc1-2)C(C)(C)C. The number of carbonyl (C=O) groups excluding carboxylic acids is 3. The number of likely N-dealkylation sites (tertiary alicyclic amines) is 1. The second kappa shape index (κ2) is 10.3. The molecule has 0 spiro atoms. The maximum Gasteiger partial charge on any atom is 0.408 e. The van der Waals surface area contributed by atoms with Crippen LogP contribution in [-0.2, 0) is 27.4 Å². The van der Waals surface area contributed by atoms with Crippen LogP contribution >= 0.6 is 0 Å². The molecule has 38 heavy (non-hydrogen) atoms. The van der Waals surface area contributed by atoms with Gasteiger partial charge in [-0.15, -0.1) is 0 Å². The van der Waals surface area contributed by atoms with E-state index in [0.717, 1.165) is 16.8 Å². The van der Waals surface area contributed by atoms with E-state index in [9.17, 15) is 19.5 Å². The molecule has 4 rings (SSSR count). The fraction of sp³-hybridized carbons (Fsp3) is 0.556. The van der Waals surface area contributed by atoms with E-state index in [2.05, 4.69) is 15.6 Å². The van der Waals surface area contributed by atoms with Crippen molar-refractivity contribution in [3.63, 3.8) is 0 Å². The Kier molecular flexibility index (Phi) is 7.42. The minimum absolute atomic E-state index is 0.0402. The molecule has 3 atom stereocenters. The molecule has 11 heteroatoms. The number of oxazole rings is 1. The van der Waals surface area contributed by atoms with E-state index in [0.29, 0.717) is 11.5 Å². The van der Waals surface area contributed by atoms with Crippen molar-refractivity contribution >= 4 is 17.9 Å². The normalized spacial score (nSPS) is 19.6. The van der Waals surface area contributed by atoms with Crippen LogP contribution in [0.15, 0.2) is 29.0 Å². The van der Waals surface area contributed by atoms with E-state index in [1.54, 1.807) is 26.8 Å². The predicted octanol–water partition coefficient (Wildman–Crippen LogP) is 2.75. The molecule has 1 fully saturated rings. The number of hydrogen-bond donors (Lipinski definition) is 3. The average molecular weight is 529 g/mol. The number of β-amino-alcohol motifs (C(OH)–C–C–N with tert-alkyl or cyclic N) is 1. The van der Waals surface area contributed by atoms with Crippen molar-refractivity contribution in [1.82, 2.24) is 20.5 Å². The molecule has 3 heterocycles. The molecule has 1 saturated heterocycles. The number of aliphatic hydroxyl groups excluding tert-OH is 1. The second-order valence-corrected chi connectivity index (χ2v) is 11.8. The summed E-state index contributed by atoms with van der Waals surface area (Å²) in [7, 11) is 0. The van der Waals surface area contributed by atoms with Crippen molar-refractivity contribution in [3.8, 4) is 17.1 Å². The number of aromatic nitrogens is 1. The van der Waals surface area contributed by atoms with E-state index < -0.39 is 41.3 Å². The summed E-state index contributed by atoms with van der Waals surface area (Å²) in [6.07, 6.45) is -0.630. The van der Waals surface area contributed by atoms with Gasteiger partial charge in [0, 0.05) is 13.0 Å². The molecule has 3 amide bonds. The Morgan fingerprint density at radius 2 is 1.95 bits per heavy atom. The zero-order valence-electron chi connectivity index (χ0n) is 22.7. The first-order chi connectivity index (χ1) is 17.7.